The molecule has 26 heavy (non-hydrogen) atoms. The lowest BCUT2D eigenvalue weighted by Gasteiger charge is -2.43. The molecule has 1 aromatic carbocycles. The first kappa shape index (κ1) is 18.8. The maximum atomic E-state index is 12.0. The van der Waals surface area contributed by atoms with Crippen LogP contribution in [0.2, 0.25) is 0 Å². The fourth-order valence-electron chi connectivity index (χ4n) is 4.33. The molecule has 2 aromatic rings. The molecule has 1 atom stereocenters. The number of rotatable bonds is 6. The summed E-state index contributed by atoms with van der Waals surface area (Å²) in [6.07, 6.45) is 8.15. The van der Waals surface area contributed by atoms with Crippen LogP contribution in [0.3, 0.4) is 0 Å². The zero-order chi connectivity index (χ0) is 18.7. The van der Waals surface area contributed by atoms with Crippen molar-refractivity contribution in [1.82, 2.24) is 4.98 Å². The molecule has 0 bridgehead atoms. The Morgan fingerprint density at radius 2 is 2.00 bits per heavy atom. The topological polar surface area (TPSA) is 77.3 Å². The van der Waals surface area contributed by atoms with Crippen molar-refractivity contribution in [3.8, 4) is 11.5 Å². The van der Waals surface area contributed by atoms with E-state index in [1.54, 1.807) is 19.4 Å². The Morgan fingerprint density at radius 3 is 2.62 bits per heavy atom. The Labute approximate surface area is 154 Å². The van der Waals surface area contributed by atoms with Gasteiger partial charge in [0.2, 0.25) is 0 Å². The van der Waals surface area contributed by atoms with Crippen LogP contribution >= 0.6 is 0 Å². The number of pyridine rings is 1. The van der Waals surface area contributed by atoms with Gasteiger partial charge in [-0.05, 0) is 67.5 Å². The van der Waals surface area contributed by atoms with Gasteiger partial charge in [0.25, 0.3) is 5.56 Å². The molecule has 0 aliphatic heterocycles. The van der Waals surface area contributed by atoms with E-state index in [0.717, 1.165) is 43.9 Å². The SMILES string of the molecule is CC[C@@H](N)C1(CC)CCC(Oc2cc3cc[nH]c(=O)c3cc2OC)CC1. The summed E-state index contributed by atoms with van der Waals surface area (Å²) in [6.45, 7) is 4.42. The molecule has 1 aromatic heterocycles. The lowest BCUT2D eigenvalue weighted by atomic mass is 9.66. The number of aromatic amines is 1. The fourth-order valence-corrected chi connectivity index (χ4v) is 4.33. The highest BCUT2D eigenvalue weighted by Gasteiger charge is 2.38. The second kappa shape index (κ2) is 7.70. The van der Waals surface area contributed by atoms with Gasteiger partial charge < -0.3 is 20.2 Å². The molecule has 5 nitrogen and oxygen atoms in total. The number of aromatic nitrogens is 1. The molecule has 0 radical (unpaired) electrons. The molecule has 1 heterocycles. The average molecular weight is 358 g/mol. The second-order valence-electron chi connectivity index (χ2n) is 7.44. The number of nitrogens with two attached hydrogens (primary N) is 1. The minimum absolute atomic E-state index is 0.119. The number of methoxy groups -OCH3 is 1. The van der Waals surface area contributed by atoms with Crippen molar-refractivity contribution in [3.05, 3.63) is 34.7 Å². The van der Waals surface area contributed by atoms with Gasteiger partial charge in [0.05, 0.1) is 18.6 Å². The van der Waals surface area contributed by atoms with Gasteiger partial charge >= 0.3 is 0 Å². The van der Waals surface area contributed by atoms with E-state index in [-0.39, 0.29) is 23.1 Å². The van der Waals surface area contributed by atoms with Crippen molar-refractivity contribution < 1.29 is 9.47 Å². The highest BCUT2D eigenvalue weighted by molar-refractivity contribution is 5.85. The number of hydrogen-bond donors (Lipinski definition) is 2. The Morgan fingerprint density at radius 1 is 1.27 bits per heavy atom. The molecular formula is C21H30N2O3. The third-order valence-corrected chi connectivity index (χ3v) is 6.21. The van der Waals surface area contributed by atoms with Crippen LogP contribution in [0.15, 0.2) is 29.2 Å². The smallest absolute Gasteiger partial charge is 0.255 e. The summed E-state index contributed by atoms with van der Waals surface area (Å²) in [6, 6.07) is 5.81. The maximum Gasteiger partial charge on any atom is 0.255 e. The van der Waals surface area contributed by atoms with Crippen molar-refractivity contribution in [2.45, 2.75) is 64.5 Å². The van der Waals surface area contributed by atoms with Gasteiger partial charge in [0, 0.05) is 12.2 Å². The van der Waals surface area contributed by atoms with Crippen LogP contribution in [-0.2, 0) is 0 Å². The van der Waals surface area contributed by atoms with Crippen molar-refractivity contribution in [1.29, 1.82) is 0 Å². The Bertz CT molecular complexity index is 806. The third kappa shape index (κ3) is 3.45. The van der Waals surface area contributed by atoms with E-state index in [2.05, 4.69) is 18.8 Å². The number of ether oxygens (including phenoxy) is 2. The predicted octanol–water partition coefficient (Wildman–Crippen LogP) is 3.99. The molecular weight excluding hydrogens is 328 g/mol. The van der Waals surface area contributed by atoms with E-state index in [4.69, 9.17) is 15.2 Å². The summed E-state index contributed by atoms with van der Waals surface area (Å²) in [7, 11) is 1.61. The molecule has 3 rings (SSSR count). The normalized spacial score (nSPS) is 24.4. The van der Waals surface area contributed by atoms with Gasteiger partial charge in [-0.3, -0.25) is 4.79 Å². The fraction of sp³-hybridized carbons (Fsp3) is 0.571. The zero-order valence-electron chi connectivity index (χ0n) is 16.0. The van der Waals surface area contributed by atoms with Crippen molar-refractivity contribution in [2.24, 2.45) is 11.1 Å². The second-order valence-corrected chi connectivity index (χ2v) is 7.44. The van der Waals surface area contributed by atoms with Gasteiger partial charge in [0.1, 0.15) is 0 Å². The van der Waals surface area contributed by atoms with E-state index >= 15 is 0 Å². The lowest BCUT2D eigenvalue weighted by Crippen LogP contribution is -2.45. The van der Waals surface area contributed by atoms with E-state index in [1.165, 1.54) is 0 Å². The molecule has 3 N–H and O–H groups in total. The van der Waals surface area contributed by atoms with Gasteiger partial charge in [-0.25, -0.2) is 0 Å². The molecule has 1 aliphatic carbocycles. The first-order valence-corrected chi connectivity index (χ1v) is 9.64. The van der Waals surface area contributed by atoms with Crippen LogP contribution in [0.5, 0.6) is 11.5 Å². The number of benzene rings is 1. The maximum absolute atomic E-state index is 12.0. The van der Waals surface area contributed by atoms with Gasteiger partial charge in [-0.1, -0.05) is 13.8 Å². The molecule has 0 amide bonds. The van der Waals surface area contributed by atoms with Crippen LogP contribution in [0, 0.1) is 5.41 Å². The number of hydrogen-bond acceptors (Lipinski definition) is 4. The Balaban J connectivity index is 1.79. The lowest BCUT2D eigenvalue weighted by molar-refractivity contribution is 0.0554. The van der Waals surface area contributed by atoms with Crippen molar-refractivity contribution in [2.75, 3.05) is 7.11 Å². The van der Waals surface area contributed by atoms with Crippen LogP contribution < -0.4 is 20.8 Å². The highest BCUT2D eigenvalue weighted by Crippen LogP contribution is 2.44. The minimum atomic E-state index is -0.119. The first-order chi connectivity index (χ1) is 12.5. The summed E-state index contributed by atoms with van der Waals surface area (Å²) in [5.74, 6) is 1.31. The predicted molar refractivity (Wildman–Crippen MR) is 105 cm³/mol. The molecule has 1 saturated carbocycles. The van der Waals surface area contributed by atoms with Gasteiger partial charge in [-0.15, -0.1) is 0 Å². The summed E-state index contributed by atoms with van der Waals surface area (Å²) >= 11 is 0. The van der Waals surface area contributed by atoms with Crippen LogP contribution in [0.4, 0.5) is 0 Å². The molecule has 1 aliphatic rings. The molecule has 142 valence electrons. The Kier molecular flexibility index (Phi) is 5.56. The minimum Gasteiger partial charge on any atom is -0.493 e. The first-order valence-electron chi connectivity index (χ1n) is 9.64. The Hall–Kier alpha value is -2.01. The van der Waals surface area contributed by atoms with Crippen LogP contribution in [0.25, 0.3) is 10.8 Å². The van der Waals surface area contributed by atoms with E-state index < -0.39 is 0 Å². The number of fused-ring (bicyclic) bond motifs is 1. The number of H-pyrrole nitrogens is 1. The van der Waals surface area contributed by atoms with Crippen LogP contribution in [-0.4, -0.2) is 24.2 Å². The largest absolute Gasteiger partial charge is 0.493 e. The monoisotopic (exact) mass is 358 g/mol. The third-order valence-electron chi connectivity index (χ3n) is 6.21. The van der Waals surface area contributed by atoms with Crippen molar-refractivity contribution >= 4 is 10.8 Å². The van der Waals surface area contributed by atoms with Crippen molar-refractivity contribution in [3.63, 3.8) is 0 Å². The molecule has 0 unspecified atom stereocenters. The average Bonchev–Trinajstić information content (AvgIpc) is 2.68. The van der Waals surface area contributed by atoms with E-state index in [0.29, 0.717) is 16.9 Å². The van der Waals surface area contributed by atoms with Gasteiger partial charge in [0.15, 0.2) is 11.5 Å². The molecule has 0 saturated heterocycles. The summed E-state index contributed by atoms with van der Waals surface area (Å²) < 4.78 is 11.8. The quantitative estimate of drug-likeness (QED) is 0.818. The summed E-state index contributed by atoms with van der Waals surface area (Å²) in [5.41, 5.74) is 6.55. The number of nitrogens with one attached hydrogen (secondary N) is 1. The van der Waals surface area contributed by atoms with E-state index in [1.807, 2.05) is 12.1 Å². The molecule has 1 fully saturated rings. The molecule has 0 spiro atoms. The van der Waals surface area contributed by atoms with E-state index in [9.17, 15) is 4.79 Å². The summed E-state index contributed by atoms with van der Waals surface area (Å²) in [5, 5.41) is 1.47. The molecule has 5 heteroatoms. The standard InChI is InChI=1S/C21H30N2O3/c1-4-19(22)21(5-2)9-6-15(7-10-21)26-18-12-14-8-11-23-20(24)16(14)13-17(18)25-3/h8,11-13,15,19H,4-7,9-10,22H2,1-3H3,(H,23,24)/t15?,19-,21?/m1/s1. The zero-order valence-corrected chi connectivity index (χ0v) is 16.0. The van der Waals surface area contributed by atoms with Crippen LogP contribution in [0.1, 0.15) is 52.4 Å². The highest BCUT2D eigenvalue weighted by atomic mass is 16.5. The van der Waals surface area contributed by atoms with Gasteiger partial charge in [-0.2, -0.15) is 0 Å². The summed E-state index contributed by atoms with van der Waals surface area (Å²) in [4.78, 5) is 14.7.